The molecule has 0 saturated heterocycles. The minimum absolute atomic E-state index is 0.00875. The van der Waals surface area contributed by atoms with E-state index in [9.17, 15) is 12.8 Å². The molecule has 0 atom stereocenters. The third-order valence-corrected chi connectivity index (χ3v) is 4.22. The molecule has 0 aliphatic heterocycles. The van der Waals surface area contributed by atoms with Gasteiger partial charge < -0.3 is 0 Å². The minimum Gasteiger partial charge on any atom is -0.207 e. The fourth-order valence-electron chi connectivity index (χ4n) is 2.40. The van der Waals surface area contributed by atoms with Crippen molar-refractivity contribution in [2.75, 3.05) is 0 Å². The number of hydrogen-bond donors (Lipinski definition) is 1. The van der Waals surface area contributed by atoms with Crippen molar-refractivity contribution in [3.8, 4) is 0 Å². The zero-order valence-electron chi connectivity index (χ0n) is 12.1. The van der Waals surface area contributed by atoms with Crippen LogP contribution >= 0.6 is 0 Å². The van der Waals surface area contributed by atoms with Gasteiger partial charge in [-0.3, -0.25) is 0 Å². The lowest BCUT2D eigenvalue weighted by Gasteiger charge is -2.32. The van der Waals surface area contributed by atoms with Crippen molar-refractivity contribution in [2.24, 2.45) is 5.41 Å². The lowest BCUT2D eigenvalue weighted by molar-refractivity contribution is 0.269. The first-order valence-corrected chi connectivity index (χ1v) is 7.69. The number of halogens is 1. The molecule has 0 bridgehead atoms. The zero-order chi connectivity index (χ0) is 14.9. The minimum atomic E-state index is -3.62. The van der Waals surface area contributed by atoms with E-state index in [1.807, 2.05) is 13.8 Å². The average Bonchev–Trinajstić information content (AvgIpc) is 2.11. The molecule has 1 aromatic carbocycles. The highest BCUT2D eigenvalue weighted by molar-refractivity contribution is 7.89. The summed E-state index contributed by atoms with van der Waals surface area (Å²) in [5.41, 5.74) is -0.555. The molecule has 0 aliphatic rings. The van der Waals surface area contributed by atoms with Crippen molar-refractivity contribution >= 4 is 10.0 Å². The van der Waals surface area contributed by atoms with Crippen LogP contribution in [-0.2, 0) is 10.0 Å². The van der Waals surface area contributed by atoms with E-state index in [0.717, 1.165) is 12.1 Å². The predicted molar refractivity (Wildman–Crippen MR) is 74.9 cm³/mol. The molecule has 0 aromatic heterocycles. The van der Waals surface area contributed by atoms with Gasteiger partial charge in [-0.2, -0.15) is 0 Å². The average molecular weight is 287 g/mol. The normalized spacial score (nSPS) is 13.6. The highest BCUT2D eigenvalue weighted by atomic mass is 32.2. The van der Waals surface area contributed by atoms with E-state index >= 15 is 0 Å². The number of benzene rings is 1. The molecule has 0 fully saturated rings. The Morgan fingerprint density at radius 3 is 1.95 bits per heavy atom. The van der Waals surface area contributed by atoms with Crippen LogP contribution in [0.4, 0.5) is 4.39 Å². The SMILES string of the molecule is CC(C)(C)CC(C)(C)NS(=O)(=O)c1ccc(F)cc1. The molecule has 1 N–H and O–H groups in total. The predicted octanol–water partition coefficient (Wildman–Crippen LogP) is 3.32. The first kappa shape index (κ1) is 16.1. The number of hydrogen-bond acceptors (Lipinski definition) is 2. The van der Waals surface area contributed by atoms with Gasteiger partial charge in [0.25, 0.3) is 0 Å². The van der Waals surface area contributed by atoms with Gasteiger partial charge in [-0.05, 0) is 49.9 Å². The Morgan fingerprint density at radius 2 is 1.53 bits per heavy atom. The summed E-state index contributed by atoms with van der Waals surface area (Å²) in [6, 6.07) is 4.83. The zero-order valence-corrected chi connectivity index (χ0v) is 12.9. The third-order valence-electron chi connectivity index (χ3n) is 2.51. The van der Waals surface area contributed by atoms with Gasteiger partial charge in [0.1, 0.15) is 5.82 Å². The van der Waals surface area contributed by atoms with E-state index < -0.39 is 21.4 Å². The van der Waals surface area contributed by atoms with Gasteiger partial charge in [0.05, 0.1) is 4.90 Å². The number of sulfonamides is 1. The van der Waals surface area contributed by atoms with E-state index in [-0.39, 0.29) is 10.3 Å². The summed E-state index contributed by atoms with van der Waals surface area (Å²) in [5.74, 6) is -0.451. The van der Waals surface area contributed by atoms with E-state index in [2.05, 4.69) is 25.5 Å². The summed E-state index contributed by atoms with van der Waals surface area (Å²) in [5, 5.41) is 0. The Bertz CT molecular complexity index is 528. The molecule has 3 nitrogen and oxygen atoms in total. The van der Waals surface area contributed by atoms with Crippen molar-refractivity contribution in [1.82, 2.24) is 4.72 Å². The van der Waals surface area contributed by atoms with Crippen LogP contribution in [0.2, 0.25) is 0 Å². The Balaban J connectivity index is 2.94. The van der Waals surface area contributed by atoms with Crippen LogP contribution in [0.25, 0.3) is 0 Å². The highest BCUT2D eigenvalue weighted by Crippen LogP contribution is 2.28. The molecule has 0 aliphatic carbocycles. The molecule has 0 heterocycles. The molecule has 0 amide bonds. The van der Waals surface area contributed by atoms with Crippen LogP contribution in [0, 0.1) is 11.2 Å². The first-order chi connectivity index (χ1) is 8.41. The van der Waals surface area contributed by atoms with Crippen LogP contribution in [0.3, 0.4) is 0 Å². The highest BCUT2D eigenvalue weighted by Gasteiger charge is 2.30. The maximum absolute atomic E-state index is 12.8. The summed E-state index contributed by atoms with van der Waals surface area (Å²) < 4.78 is 39.9. The lowest BCUT2D eigenvalue weighted by Crippen LogP contribution is -2.45. The third kappa shape index (κ3) is 5.28. The Morgan fingerprint density at radius 1 is 1.05 bits per heavy atom. The molecule has 0 saturated carbocycles. The van der Waals surface area contributed by atoms with Crippen molar-refractivity contribution in [1.29, 1.82) is 0 Å². The molecule has 5 heteroatoms. The van der Waals surface area contributed by atoms with E-state index in [1.54, 1.807) is 0 Å². The van der Waals surface area contributed by atoms with Crippen LogP contribution in [0.15, 0.2) is 29.2 Å². The quantitative estimate of drug-likeness (QED) is 0.923. The summed E-state index contributed by atoms with van der Waals surface area (Å²) in [7, 11) is -3.62. The summed E-state index contributed by atoms with van der Waals surface area (Å²) in [6.45, 7) is 9.86. The van der Waals surface area contributed by atoms with Gasteiger partial charge in [-0.15, -0.1) is 0 Å². The molecule has 1 aromatic rings. The fraction of sp³-hybridized carbons (Fsp3) is 0.571. The maximum atomic E-state index is 12.8. The second-order valence-electron chi connectivity index (χ2n) is 6.68. The maximum Gasteiger partial charge on any atom is 0.241 e. The molecule has 1 rings (SSSR count). The van der Waals surface area contributed by atoms with Crippen molar-refractivity contribution < 1.29 is 12.8 Å². The largest absolute Gasteiger partial charge is 0.241 e. The van der Waals surface area contributed by atoms with E-state index in [1.165, 1.54) is 12.1 Å². The topological polar surface area (TPSA) is 46.2 Å². The van der Waals surface area contributed by atoms with Crippen molar-refractivity contribution in [3.05, 3.63) is 30.1 Å². The molecule has 0 spiro atoms. The standard InChI is InChI=1S/C14H22FNO2S/c1-13(2,3)10-14(4,5)16-19(17,18)12-8-6-11(15)7-9-12/h6-9,16H,10H2,1-5H3. The van der Waals surface area contributed by atoms with E-state index in [0.29, 0.717) is 6.42 Å². The molecule has 108 valence electrons. The lowest BCUT2D eigenvalue weighted by atomic mass is 9.82. The monoisotopic (exact) mass is 287 g/mol. The molecule has 19 heavy (non-hydrogen) atoms. The Kier molecular flexibility index (Phi) is 4.42. The Hall–Kier alpha value is -0.940. The number of rotatable bonds is 4. The Labute approximate surface area is 115 Å². The summed E-state index contributed by atoms with van der Waals surface area (Å²) in [6.07, 6.45) is 0.695. The van der Waals surface area contributed by atoms with Crippen molar-refractivity contribution in [3.63, 3.8) is 0 Å². The second-order valence-corrected chi connectivity index (χ2v) is 8.36. The second kappa shape index (κ2) is 5.21. The smallest absolute Gasteiger partial charge is 0.207 e. The first-order valence-electron chi connectivity index (χ1n) is 6.21. The summed E-state index contributed by atoms with van der Waals surface area (Å²) in [4.78, 5) is 0.0795. The van der Waals surface area contributed by atoms with E-state index in [4.69, 9.17) is 0 Å². The van der Waals surface area contributed by atoms with Gasteiger partial charge >= 0.3 is 0 Å². The van der Waals surface area contributed by atoms with Crippen LogP contribution in [0.5, 0.6) is 0 Å². The molecular formula is C14H22FNO2S. The van der Waals surface area contributed by atoms with Gasteiger partial charge in [0.2, 0.25) is 10.0 Å². The van der Waals surface area contributed by atoms with Crippen LogP contribution < -0.4 is 4.72 Å². The van der Waals surface area contributed by atoms with Gasteiger partial charge in [-0.1, -0.05) is 20.8 Å². The molecule has 0 unspecified atom stereocenters. The fourth-order valence-corrected chi connectivity index (χ4v) is 3.81. The summed E-state index contributed by atoms with van der Waals surface area (Å²) >= 11 is 0. The molecule has 0 radical (unpaired) electrons. The van der Waals surface area contributed by atoms with Crippen LogP contribution in [0.1, 0.15) is 41.0 Å². The van der Waals surface area contributed by atoms with Gasteiger partial charge in [0.15, 0.2) is 0 Å². The van der Waals surface area contributed by atoms with Gasteiger partial charge in [0, 0.05) is 5.54 Å². The van der Waals surface area contributed by atoms with Crippen LogP contribution in [-0.4, -0.2) is 14.0 Å². The number of nitrogens with one attached hydrogen (secondary N) is 1. The molecular weight excluding hydrogens is 265 g/mol. The van der Waals surface area contributed by atoms with Crippen molar-refractivity contribution in [2.45, 2.75) is 51.5 Å². The van der Waals surface area contributed by atoms with Gasteiger partial charge in [-0.25, -0.2) is 17.5 Å².